The van der Waals surface area contributed by atoms with Crippen LogP contribution in [-0.4, -0.2) is 17.6 Å². The van der Waals surface area contributed by atoms with Crippen molar-refractivity contribution in [1.82, 2.24) is 5.32 Å². The highest BCUT2D eigenvalue weighted by Crippen LogP contribution is 2.46. The summed E-state index contributed by atoms with van der Waals surface area (Å²) >= 11 is 0. The Morgan fingerprint density at radius 3 is 3.33 bits per heavy atom. The first-order valence-corrected chi connectivity index (χ1v) is 5.29. The van der Waals surface area contributed by atoms with E-state index in [0.717, 1.165) is 30.7 Å². The predicted molar refractivity (Wildman–Crippen MR) is 52.5 cm³/mol. The average molecular weight is 207 g/mol. The Morgan fingerprint density at radius 2 is 2.53 bits per heavy atom. The summed E-state index contributed by atoms with van der Waals surface area (Å²) in [4.78, 5) is 11.2. The number of rotatable bonds is 1. The minimum atomic E-state index is -0.700. The third-order valence-corrected chi connectivity index (χ3v) is 3.74. The molecule has 4 heteroatoms. The van der Waals surface area contributed by atoms with Crippen molar-refractivity contribution in [3.63, 3.8) is 0 Å². The van der Waals surface area contributed by atoms with Gasteiger partial charge in [-0.25, -0.2) is 0 Å². The zero-order chi connectivity index (χ0) is 10.5. The number of aryl methyl sites for hydroxylation is 1. The van der Waals surface area contributed by atoms with Gasteiger partial charge < -0.3 is 14.8 Å². The van der Waals surface area contributed by atoms with Crippen LogP contribution in [0.3, 0.4) is 0 Å². The molecule has 1 aliphatic heterocycles. The molecule has 2 N–H and O–H groups in total. The highest BCUT2D eigenvalue weighted by molar-refractivity contribution is 5.73. The first kappa shape index (κ1) is 8.97. The Labute approximate surface area is 87.3 Å². The molecule has 1 aromatic heterocycles. The van der Waals surface area contributed by atoms with Crippen LogP contribution < -0.4 is 5.32 Å². The molecule has 1 spiro atoms. The van der Waals surface area contributed by atoms with Gasteiger partial charge in [0.2, 0.25) is 0 Å². The zero-order valence-corrected chi connectivity index (χ0v) is 8.32. The number of furan rings is 1. The van der Waals surface area contributed by atoms with Crippen LogP contribution in [0.2, 0.25) is 0 Å². The molecule has 0 amide bonds. The minimum Gasteiger partial charge on any atom is -0.481 e. The monoisotopic (exact) mass is 207 g/mol. The Kier molecular flexibility index (Phi) is 1.71. The number of nitrogens with one attached hydrogen (secondary N) is 1. The van der Waals surface area contributed by atoms with E-state index < -0.39 is 5.97 Å². The first-order valence-electron chi connectivity index (χ1n) is 5.29. The van der Waals surface area contributed by atoms with E-state index in [1.165, 1.54) is 0 Å². The smallest absolute Gasteiger partial charge is 0.308 e. The van der Waals surface area contributed by atoms with Crippen LogP contribution in [0.4, 0.5) is 0 Å². The number of carbonyl (C=O) groups is 1. The van der Waals surface area contributed by atoms with Gasteiger partial charge in [0.25, 0.3) is 0 Å². The first-order chi connectivity index (χ1) is 7.24. The summed E-state index contributed by atoms with van der Waals surface area (Å²) < 4.78 is 5.36. The Balaban J connectivity index is 2.08. The van der Waals surface area contributed by atoms with E-state index in [-0.39, 0.29) is 11.5 Å². The highest BCUT2D eigenvalue weighted by atomic mass is 16.4. The quantitative estimate of drug-likeness (QED) is 0.724. The van der Waals surface area contributed by atoms with Crippen LogP contribution in [0.25, 0.3) is 0 Å². The van der Waals surface area contributed by atoms with Crippen molar-refractivity contribution >= 4 is 5.97 Å². The summed E-state index contributed by atoms with van der Waals surface area (Å²) in [5.74, 6) is -0.0546. The van der Waals surface area contributed by atoms with Gasteiger partial charge in [-0.2, -0.15) is 0 Å². The van der Waals surface area contributed by atoms with Crippen molar-refractivity contribution in [2.75, 3.05) is 6.54 Å². The third kappa shape index (κ3) is 1.03. The maximum absolute atomic E-state index is 11.2. The van der Waals surface area contributed by atoms with Crippen molar-refractivity contribution in [3.8, 4) is 0 Å². The van der Waals surface area contributed by atoms with Crippen molar-refractivity contribution < 1.29 is 14.3 Å². The third-order valence-electron chi connectivity index (χ3n) is 3.74. The fraction of sp³-hybridized carbons (Fsp3) is 0.545. The molecule has 2 heterocycles. The maximum atomic E-state index is 11.2. The number of aliphatic carboxylic acids is 1. The van der Waals surface area contributed by atoms with E-state index in [1.807, 2.05) is 6.07 Å². The summed E-state index contributed by atoms with van der Waals surface area (Å²) in [6, 6.07) is 1.91. The molecule has 2 atom stereocenters. The Hall–Kier alpha value is -1.29. The van der Waals surface area contributed by atoms with E-state index in [0.29, 0.717) is 6.42 Å². The lowest BCUT2D eigenvalue weighted by atomic mass is 9.81. The topological polar surface area (TPSA) is 62.5 Å². The van der Waals surface area contributed by atoms with E-state index in [2.05, 4.69) is 5.32 Å². The molecule has 1 aromatic rings. The second-order valence-corrected chi connectivity index (χ2v) is 4.34. The fourth-order valence-electron chi connectivity index (χ4n) is 3.07. The fourth-order valence-corrected chi connectivity index (χ4v) is 3.07. The molecule has 4 nitrogen and oxygen atoms in total. The molecule has 0 radical (unpaired) electrons. The Bertz CT molecular complexity index is 412. The van der Waals surface area contributed by atoms with Crippen molar-refractivity contribution in [2.24, 2.45) is 5.92 Å². The normalized spacial score (nSPS) is 33.5. The SMILES string of the molecule is O=C(O)C1CCNC12CCc1occc12. The number of hydrogen-bond donors (Lipinski definition) is 2. The van der Waals surface area contributed by atoms with Gasteiger partial charge in [0, 0.05) is 12.0 Å². The summed E-state index contributed by atoms with van der Waals surface area (Å²) in [7, 11) is 0. The van der Waals surface area contributed by atoms with Gasteiger partial charge in [-0.15, -0.1) is 0 Å². The van der Waals surface area contributed by atoms with Gasteiger partial charge in [0.1, 0.15) is 5.76 Å². The molecule has 0 bridgehead atoms. The van der Waals surface area contributed by atoms with Gasteiger partial charge in [0.05, 0.1) is 17.7 Å². The maximum Gasteiger partial charge on any atom is 0.308 e. The Morgan fingerprint density at radius 1 is 1.67 bits per heavy atom. The standard InChI is InChI=1S/C11H13NO3/c13-10(14)8-2-5-12-11(8)4-1-9-7(11)3-6-15-9/h3,6,8,12H,1-2,4-5H2,(H,13,14). The van der Waals surface area contributed by atoms with E-state index in [4.69, 9.17) is 4.42 Å². The van der Waals surface area contributed by atoms with Crippen molar-refractivity contribution in [3.05, 3.63) is 23.7 Å². The summed E-state index contributed by atoms with van der Waals surface area (Å²) in [6.07, 6.45) is 4.06. The second-order valence-electron chi connectivity index (χ2n) is 4.34. The molecular formula is C11H13NO3. The van der Waals surface area contributed by atoms with Crippen molar-refractivity contribution in [2.45, 2.75) is 24.8 Å². The molecular weight excluding hydrogens is 194 g/mol. The van der Waals surface area contributed by atoms with Crippen LogP contribution in [0, 0.1) is 5.92 Å². The van der Waals surface area contributed by atoms with E-state index in [9.17, 15) is 9.90 Å². The minimum absolute atomic E-state index is 0.309. The molecule has 3 rings (SSSR count). The lowest BCUT2D eigenvalue weighted by Crippen LogP contribution is -2.42. The molecule has 0 aromatic carbocycles. The predicted octanol–water partition coefficient (Wildman–Crippen LogP) is 1.12. The number of fused-ring (bicyclic) bond motifs is 2. The molecule has 15 heavy (non-hydrogen) atoms. The van der Waals surface area contributed by atoms with Crippen LogP contribution >= 0.6 is 0 Å². The highest BCUT2D eigenvalue weighted by Gasteiger charge is 2.52. The van der Waals surface area contributed by atoms with E-state index >= 15 is 0 Å². The van der Waals surface area contributed by atoms with Gasteiger partial charge in [-0.05, 0) is 25.5 Å². The van der Waals surface area contributed by atoms with E-state index in [1.54, 1.807) is 6.26 Å². The largest absolute Gasteiger partial charge is 0.481 e. The number of carboxylic acid groups (broad SMARTS) is 1. The lowest BCUT2D eigenvalue weighted by molar-refractivity contribution is -0.143. The van der Waals surface area contributed by atoms with Crippen molar-refractivity contribution in [1.29, 1.82) is 0 Å². The molecule has 1 fully saturated rings. The summed E-state index contributed by atoms with van der Waals surface area (Å²) in [6.45, 7) is 0.779. The second kappa shape index (κ2) is 2.85. The van der Waals surface area contributed by atoms with Gasteiger partial charge in [-0.3, -0.25) is 4.79 Å². The summed E-state index contributed by atoms with van der Waals surface area (Å²) in [5, 5.41) is 12.6. The molecule has 1 aliphatic carbocycles. The number of carboxylic acids is 1. The average Bonchev–Trinajstić information content (AvgIpc) is 2.87. The number of hydrogen-bond acceptors (Lipinski definition) is 3. The van der Waals surface area contributed by atoms with Gasteiger partial charge in [-0.1, -0.05) is 0 Å². The molecule has 80 valence electrons. The van der Waals surface area contributed by atoms with Crippen LogP contribution in [0.15, 0.2) is 16.7 Å². The lowest BCUT2D eigenvalue weighted by Gasteiger charge is -2.28. The van der Waals surface area contributed by atoms with Gasteiger partial charge in [0.15, 0.2) is 0 Å². The van der Waals surface area contributed by atoms with Crippen LogP contribution in [-0.2, 0) is 16.8 Å². The van der Waals surface area contributed by atoms with Crippen LogP contribution in [0.5, 0.6) is 0 Å². The molecule has 1 saturated heterocycles. The van der Waals surface area contributed by atoms with Crippen LogP contribution in [0.1, 0.15) is 24.2 Å². The molecule has 0 saturated carbocycles. The molecule has 2 unspecified atom stereocenters. The zero-order valence-electron chi connectivity index (χ0n) is 8.32. The van der Waals surface area contributed by atoms with Gasteiger partial charge >= 0.3 is 5.97 Å². The molecule has 2 aliphatic rings. The summed E-state index contributed by atoms with van der Waals surface area (Å²) in [5.41, 5.74) is 0.709.